The maximum Gasteiger partial charge on any atom is 0.263 e. The molecule has 1 heterocycles. The minimum atomic E-state index is -1.73. The van der Waals surface area contributed by atoms with E-state index in [0.29, 0.717) is 0 Å². The lowest BCUT2D eigenvalue weighted by atomic mass is 10.1. The average Bonchev–Trinajstić information content (AvgIpc) is 2.65. The van der Waals surface area contributed by atoms with E-state index in [1.807, 2.05) is 0 Å². The monoisotopic (exact) mass is 144 g/mol. The van der Waals surface area contributed by atoms with E-state index >= 15 is 0 Å². The Bertz CT molecular complexity index is 198. The summed E-state index contributed by atoms with van der Waals surface area (Å²) >= 11 is 0. The van der Waals surface area contributed by atoms with Crippen molar-refractivity contribution in [3.05, 3.63) is 0 Å². The van der Waals surface area contributed by atoms with Crippen molar-refractivity contribution in [2.24, 2.45) is 10.2 Å². The van der Waals surface area contributed by atoms with Crippen LogP contribution in [0, 0.1) is 12.3 Å². The number of terminal acetylenes is 1. The number of rotatable bonds is 2. The zero-order valence-electron chi connectivity index (χ0n) is 5.38. The summed E-state index contributed by atoms with van der Waals surface area (Å²) in [5.74, 6) is 1.75. The smallest absolute Gasteiger partial charge is 0.243 e. The molecule has 10 heavy (non-hydrogen) atoms. The van der Waals surface area contributed by atoms with Gasteiger partial charge in [-0.1, -0.05) is 5.92 Å². The van der Waals surface area contributed by atoms with Gasteiger partial charge in [0.25, 0.3) is 5.66 Å². The first kappa shape index (κ1) is 7.13. The molecule has 4 heteroatoms. The van der Waals surface area contributed by atoms with Crippen LogP contribution in [-0.4, -0.2) is 18.0 Å². The highest BCUT2D eigenvalue weighted by Crippen LogP contribution is 2.38. The molecule has 0 bridgehead atoms. The van der Waals surface area contributed by atoms with Crippen LogP contribution in [0.2, 0.25) is 0 Å². The van der Waals surface area contributed by atoms with Gasteiger partial charge in [0.05, 0.1) is 0 Å². The minimum absolute atomic E-state index is 1.18. The summed E-state index contributed by atoms with van der Waals surface area (Å²) in [6, 6.07) is 0. The Kier molecular flexibility index (Phi) is 1.43. The van der Waals surface area contributed by atoms with Gasteiger partial charge in [0.15, 0.2) is 6.17 Å². The van der Waals surface area contributed by atoms with Gasteiger partial charge in [0.2, 0.25) is 6.17 Å². The van der Waals surface area contributed by atoms with E-state index < -0.39 is 18.0 Å². The van der Waals surface area contributed by atoms with Crippen LogP contribution in [0.3, 0.4) is 0 Å². The molecule has 2 nitrogen and oxygen atoms in total. The summed E-state index contributed by atoms with van der Waals surface area (Å²) in [4.78, 5) is 0. The molecule has 54 valence electrons. The Morgan fingerprint density at radius 1 is 1.50 bits per heavy atom. The van der Waals surface area contributed by atoms with Crippen LogP contribution in [-0.2, 0) is 0 Å². The van der Waals surface area contributed by atoms with E-state index in [-0.39, 0.29) is 0 Å². The van der Waals surface area contributed by atoms with Crippen LogP contribution < -0.4 is 0 Å². The van der Waals surface area contributed by atoms with Gasteiger partial charge in [0, 0.05) is 0 Å². The van der Waals surface area contributed by atoms with Crippen LogP contribution in [0.25, 0.3) is 0 Å². The van der Waals surface area contributed by atoms with Gasteiger partial charge in [0.1, 0.15) is 0 Å². The van der Waals surface area contributed by atoms with Crippen molar-refractivity contribution >= 4 is 0 Å². The van der Waals surface area contributed by atoms with E-state index in [9.17, 15) is 8.78 Å². The molecule has 0 saturated heterocycles. The first-order valence-electron chi connectivity index (χ1n) is 2.82. The maximum atomic E-state index is 12.6. The summed E-state index contributed by atoms with van der Waals surface area (Å²) in [5.41, 5.74) is -1.56. The molecule has 0 aromatic rings. The lowest BCUT2D eigenvalue weighted by Gasteiger charge is -2.10. The minimum Gasteiger partial charge on any atom is -0.243 e. The van der Waals surface area contributed by atoms with Crippen LogP contribution in [0.5, 0.6) is 0 Å². The highest BCUT2D eigenvalue weighted by Gasteiger charge is 2.54. The second kappa shape index (κ2) is 2.01. The molecule has 0 N–H and O–H groups in total. The van der Waals surface area contributed by atoms with Gasteiger partial charge in [-0.05, 0) is 6.92 Å². The van der Waals surface area contributed by atoms with Gasteiger partial charge < -0.3 is 0 Å². The molecule has 0 radical (unpaired) electrons. The average molecular weight is 144 g/mol. The first-order chi connectivity index (χ1) is 4.63. The second-order valence-corrected chi connectivity index (χ2v) is 2.13. The van der Waals surface area contributed by atoms with E-state index in [1.165, 1.54) is 6.92 Å². The van der Waals surface area contributed by atoms with E-state index in [4.69, 9.17) is 6.42 Å². The maximum absolute atomic E-state index is 12.6. The fourth-order valence-corrected chi connectivity index (χ4v) is 0.643. The molecule has 0 aromatic heterocycles. The molecule has 0 aromatic carbocycles. The second-order valence-electron chi connectivity index (χ2n) is 2.13. The summed E-state index contributed by atoms with van der Waals surface area (Å²) in [7, 11) is 0. The molecule has 1 aliphatic rings. The Balaban J connectivity index is 2.63. The number of nitrogens with zero attached hydrogens (tertiary/aromatic N) is 2. The Morgan fingerprint density at radius 3 is 2.10 bits per heavy atom. The number of alkyl halides is 2. The van der Waals surface area contributed by atoms with Gasteiger partial charge in [-0.15, -0.1) is 6.42 Å². The lowest BCUT2D eigenvalue weighted by Crippen LogP contribution is -2.33. The van der Waals surface area contributed by atoms with Crippen LogP contribution in [0.4, 0.5) is 8.78 Å². The van der Waals surface area contributed by atoms with Gasteiger partial charge in [-0.25, -0.2) is 8.78 Å². The third-order valence-electron chi connectivity index (χ3n) is 1.44. The standard InChI is InChI=1S/C6H6F2N2/c1-3-5(8)6(4(2)7)9-10-6/h1,4-5H,2H3. The van der Waals surface area contributed by atoms with Crippen LogP contribution >= 0.6 is 0 Å². The summed E-state index contributed by atoms with van der Waals surface area (Å²) in [6.45, 7) is 1.18. The topological polar surface area (TPSA) is 24.7 Å². The Hall–Kier alpha value is -0.980. The van der Waals surface area contributed by atoms with Crippen molar-refractivity contribution in [3.63, 3.8) is 0 Å². The molecule has 0 saturated carbocycles. The predicted octanol–water partition coefficient (Wildman–Crippen LogP) is 1.48. The van der Waals surface area contributed by atoms with Crippen LogP contribution in [0.1, 0.15) is 6.92 Å². The first-order valence-corrected chi connectivity index (χ1v) is 2.82. The zero-order valence-corrected chi connectivity index (χ0v) is 5.38. The highest BCUT2D eigenvalue weighted by atomic mass is 19.1. The van der Waals surface area contributed by atoms with E-state index in [1.54, 1.807) is 5.92 Å². The van der Waals surface area contributed by atoms with Gasteiger partial charge in [-0.3, -0.25) is 0 Å². The predicted molar refractivity (Wildman–Crippen MR) is 31.9 cm³/mol. The van der Waals surface area contributed by atoms with Crippen molar-refractivity contribution in [1.82, 2.24) is 0 Å². The molecular formula is C6H6F2N2. The van der Waals surface area contributed by atoms with Gasteiger partial charge in [-0.2, -0.15) is 10.2 Å². The SMILES string of the molecule is C#CC(F)C1(C(C)F)N=N1. The van der Waals surface area contributed by atoms with Crippen molar-refractivity contribution in [2.45, 2.75) is 24.9 Å². The van der Waals surface area contributed by atoms with E-state index in [2.05, 4.69) is 10.2 Å². The fraction of sp³-hybridized carbons (Fsp3) is 0.667. The molecule has 0 fully saturated rings. The van der Waals surface area contributed by atoms with E-state index in [0.717, 1.165) is 0 Å². The van der Waals surface area contributed by atoms with Crippen molar-refractivity contribution in [2.75, 3.05) is 0 Å². The fourth-order valence-electron chi connectivity index (χ4n) is 0.643. The van der Waals surface area contributed by atoms with Gasteiger partial charge >= 0.3 is 0 Å². The van der Waals surface area contributed by atoms with Crippen molar-refractivity contribution < 1.29 is 8.78 Å². The number of hydrogen-bond donors (Lipinski definition) is 0. The molecule has 2 atom stereocenters. The number of halogens is 2. The van der Waals surface area contributed by atoms with Crippen molar-refractivity contribution in [3.8, 4) is 12.3 Å². The van der Waals surface area contributed by atoms with Crippen LogP contribution in [0.15, 0.2) is 10.2 Å². The highest BCUT2D eigenvalue weighted by molar-refractivity contribution is 5.15. The molecule has 0 spiro atoms. The largest absolute Gasteiger partial charge is 0.263 e. The molecule has 2 unspecified atom stereocenters. The summed E-state index contributed by atoms with van der Waals surface area (Å²) < 4.78 is 25.0. The lowest BCUT2D eigenvalue weighted by molar-refractivity contribution is 0.197. The molecule has 1 aliphatic heterocycles. The molecular weight excluding hydrogens is 138 g/mol. The number of hydrogen-bond acceptors (Lipinski definition) is 2. The summed E-state index contributed by atoms with van der Waals surface area (Å²) in [6.07, 6.45) is 1.55. The Morgan fingerprint density at radius 2 is 2.00 bits per heavy atom. The third kappa shape index (κ3) is 0.783. The zero-order chi connectivity index (χ0) is 7.78. The molecule has 0 amide bonds. The third-order valence-corrected chi connectivity index (χ3v) is 1.44. The normalized spacial score (nSPS) is 25.0. The van der Waals surface area contributed by atoms with Crippen molar-refractivity contribution in [1.29, 1.82) is 0 Å². The molecule has 0 aliphatic carbocycles. The quantitative estimate of drug-likeness (QED) is 0.524. The Labute approximate surface area is 57.3 Å². The molecule has 1 rings (SSSR count). The summed E-state index contributed by atoms with van der Waals surface area (Å²) in [5, 5.41) is 6.47.